The van der Waals surface area contributed by atoms with Gasteiger partial charge in [-0.3, -0.25) is 0 Å². The fourth-order valence-corrected chi connectivity index (χ4v) is 1.92. The minimum atomic E-state index is -0.580. The first-order valence-electron chi connectivity index (χ1n) is 5.93. The number of rotatable bonds is 4. The molecule has 2 aromatic carbocycles. The van der Waals surface area contributed by atoms with Crippen molar-refractivity contribution >= 4 is 0 Å². The summed E-state index contributed by atoms with van der Waals surface area (Å²) in [5, 5.41) is 0. The molecule has 2 rings (SSSR count). The van der Waals surface area contributed by atoms with Crippen LogP contribution < -0.4 is 10.5 Å². The van der Waals surface area contributed by atoms with E-state index in [-0.39, 0.29) is 5.56 Å². The van der Waals surface area contributed by atoms with Gasteiger partial charge >= 0.3 is 0 Å². The predicted molar refractivity (Wildman–Crippen MR) is 70.0 cm³/mol. The Labute approximate surface area is 110 Å². The zero-order chi connectivity index (χ0) is 13.8. The Morgan fingerprint density at radius 3 is 2.42 bits per heavy atom. The van der Waals surface area contributed by atoms with Gasteiger partial charge in [-0.05, 0) is 42.3 Å². The molecule has 1 atom stereocenters. The summed E-state index contributed by atoms with van der Waals surface area (Å²) < 4.78 is 31.7. The normalized spacial score (nSPS) is 12.2. The number of halogens is 2. The van der Waals surface area contributed by atoms with E-state index in [0.29, 0.717) is 6.42 Å². The Hall–Kier alpha value is -1.94. The van der Waals surface area contributed by atoms with Crippen LogP contribution in [0.1, 0.15) is 17.2 Å². The summed E-state index contributed by atoms with van der Waals surface area (Å²) in [6, 6.07) is 10.1. The second-order valence-electron chi connectivity index (χ2n) is 4.32. The Balaban J connectivity index is 2.15. The zero-order valence-electron chi connectivity index (χ0n) is 10.6. The standard InChI is InChI=1S/C15H15F2NO/c1-19-12-5-2-10(3-6-12)8-15(18)13-9-11(16)4-7-14(13)17/h2-7,9,15H,8,18H2,1H3. The van der Waals surface area contributed by atoms with Crippen molar-refractivity contribution in [3.63, 3.8) is 0 Å². The van der Waals surface area contributed by atoms with Gasteiger partial charge in [0.15, 0.2) is 0 Å². The number of methoxy groups -OCH3 is 1. The van der Waals surface area contributed by atoms with Crippen molar-refractivity contribution < 1.29 is 13.5 Å². The van der Waals surface area contributed by atoms with E-state index in [1.54, 1.807) is 7.11 Å². The lowest BCUT2D eigenvalue weighted by atomic mass is 9.99. The predicted octanol–water partition coefficient (Wildman–Crippen LogP) is 3.22. The molecule has 0 heterocycles. The lowest BCUT2D eigenvalue weighted by Gasteiger charge is -2.13. The van der Waals surface area contributed by atoms with Gasteiger partial charge in [0.1, 0.15) is 17.4 Å². The summed E-state index contributed by atoms with van der Waals surface area (Å²) in [4.78, 5) is 0. The molecule has 0 saturated carbocycles. The molecular weight excluding hydrogens is 248 g/mol. The van der Waals surface area contributed by atoms with Crippen LogP contribution in [0, 0.1) is 11.6 Å². The van der Waals surface area contributed by atoms with Gasteiger partial charge in [-0.15, -0.1) is 0 Å². The van der Waals surface area contributed by atoms with Crippen LogP contribution in [0.25, 0.3) is 0 Å². The van der Waals surface area contributed by atoms with Gasteiger partial charge in [0.2, 0.25) is 0 Å². The van der Waals surface area contributed by atoms with Gasteiger partial charge in [0, 0.05) is 11.6 Å². The highest BCUT2D eigenvalue weighted by atomic mass is 19.1. The second kappa shape index (κ2) is 5.80. The summed E-state index contributed by atoms with van der Waals surface area (Å²) in [5.74, 6) is -0.224. The minimum Gasteiger partial charge on any atom is -0.497 e. The summed E-state index contributed by atoms with van der Waals surface area (Å²) >= 11 is 0. The maximum atomic E-state index is 13.6. The van der Waals surface area contributed by atoms with Crippen molar-refractivity contribution in [3.05, 3.63) is 65.2 Å². The van der Waals surface area contributed by atoms with Crippen LogP contribution >= 0.6 is 0 Å². The first-order chi connectivity index (χ1) is 9.10. The Morgan fingerprint density at radius 1 is 1.11 bits per heavy atom. The van der Waals surface area contributed by atoms with Gasteiger partial charge < -0.3 is 10.5 Å². The van der Waals surface area contributed by atoms with Crippen molar-refractivity contribution in [1.29, 1.82) is 0 Å². The molecule has 0 bridgehead atoms. The molecule has 0 aliphatic carbocycles. The van der Waals surface area contributed by atoms with Gasteiger partial charge in [0.25, 0.3) is 0 Å². The third-order valence-corrected chi connectivity index (χ3v) is 2.97. The fourth-order valence-electron chi connectivity index (χ4n) is 1.92. The van der Waals surface area contributed by atoms with Gasteiger partial charge in [-0.1, -0.05) is 12.1 Å². The Morgan fingerprint density at radius 2 is 1.79 bits per heavy atom. The number of ether oxygens (including phenoxy) is 1. The number of hydrogen-bond donors (Lipinski definition) is 1. The minimum absolute atomic E-state index is 0.191. The SMILES string of the molecule is COc1ccc(CC(N)c2cc(F)ccc2F)cc1. The van der Waals surface area contributed by atoms with Crippen LogP contribution in [-0.2, 0) is 6.42 Å². The molecule has 4 heteroatoms. The molecule has 2 nitrogen and oxygen atoms in total. The van der Waals surface area contributed by atoms with Gasteiger partial charge in [-0.2, -0.15) is 0 Å². The summed E-state index contributed by atoms with van der Waals surface area (Å²) in [6.45, 7) is 0. The topological polar surface area (TPSA) is 35.2 Å². The molecule has 1 unspecified atom stereocenters. The monoisotopic (exact) mass is 263 g/mol. The van der Waals surface area contributed by atoms with Crippen LogP contribution in [0.4, 0.5) is 8.78 Å². The van der Waals surface area contributed by atoms with Crippen molar-refractivity contribution in [1.82, 2.24) is 0 Å². The number of hydrogen-bond acceptors (Lipinski definition) is 2. The molecule has 0 saturated heterocycles. The Kier molecular flexibility index (Phi) is 4.12. The highest BCUT2D eigenvalue weighted by Crippen LogP contribution is 2.21. The maximum absolute atomic E-state index is 13.6. The molecule has 0 spiro atoms. The molecule has 2 aromatic rings. The molecule has 0 aliphatic rings. The quantitative estimate of drug-likeness (QED) is 0.919. The molecule has 100 valence electrons. The highest BCUT2D eigenvalue weighted by molar-refractivity contribution is 5.30. The second-order valence-corrected chi connectivity index (χ2v) is 4.32. The molecule has 19 heavy (non-hydrogen) atoms. The van der Waals surface area contributed by atoms with Crippen molar-refractivity contribution in [2.24, 2.45) is 5.73 Å². The van der Waals surface area contributed by atoms with E-state index in [1.165, 1.54) is 0 Å². The van der Waals surface area contributed by atoms with Crippen molar-refractivity contribution in [2.75, 3.05) is 7.11 Å². The zero-order valence-corrected chi connectivity index (χ0v) is 10.6. The molecular formula is C15H15F2NO. The van der Waals surface area contributed by atoms with Crippen molar-refractivity contribution in [2.45, 2.75) is 12.5 Å². The third kappa shape index (κ3) is 3.29. The van der Waals surface area contributed by atoms with E-state index in [2.05, 4.69) is 0 Å². The van der Waals surface area contributed by atoms with Crippen LogP contribution in [0.2, 0.25) is 0 Å². The van der Waals surface area contributed by atoms with Crippen LogP contribution in [0.15, 0.2) is 42.5 Å². The van der Waals surface area contributed by atoms with Crippen molar-refractivity contribution in [3.8, 4) is 5.75 Å². The smallest absolute Gasteiger partial charge is 0.128 e. The molecule has 0 radical (unpaired) electrons. The maximum Gasteiger partial charge on any atom is 0.128 e. The molecule has 2 N–H and O–H groups in total. The molecule has 0 amide bonds. The Bertz CT molecular complexity index is 555. The van der Waals surface area contributed by atoms with E-state index in [0.717, 1.165) is 29.5 Å². The van der Waals surface area contributed by atoms with E-state index < -0.39 is 17.7 Å². The average molecular weight is 263 g/mol. The average Bonchev–Trinajstić information content (AvgIpc) is 2.42. The lowest BCUT2D eigenvalue weighted by molar-refractivity contribution is 0.414. The number of benzene rings is 2. The van der Waals surface area contributed by atoms with Gasteiger partial charge in [-0.25, -0.2) is 8.78 Å². The van der Waals surface area contributed by atoms with E-state index in [9.17, 15) is 8.78 Å². The first kappa shape index (κ1) is 13.5. The summed E-state index contributed by atoms with van der Waals surface area (Å²) in [5.41, 5.74) is 7.06. The first-order valence-corrected chi connectivity index (χ1v) is 5.93. The molecule has 0 aliphatic heterocycles. The van der Waals surface area contributed by atoms with Crippen LogP contribution in [0.3, 0.4) is 0 Å². The van der Waals surface area contributed by atoms with Crippen LogP contribution in [-0.4, -0.2) is 7.11 Å². The van der Waals surface area contributed by atoms with E-state index in [1.807, 2.05) is 24.3 Å². The van der Waals surface area contributed by atoms with Crippen LogP contribution in [0.5, 0.6) is 5.75 Å². The number of nitrogens with two attached hydrogens (primary N) is 1. The third-order valence-electron chi connectivity index (χ3n) is 2.97. The molecule has 0 fully saturated rings. The largest absolute Gasteiger partial charge is 0.497 e. The van der Waals surface area contributed by atoms with E-state index in [4.69, 9.17) is 10.5 Å². The van der Waals surface area contributed by atoms with Gasteiger partial charge in [0.05, 0.1) is 7.11 Å². The fraction of sp³-hybridized carbons (Fsp3) is 0.200. The summed E-state index contributed by atoms with van der Waals surface area (Å²) in [6.07, 6.45) is 0.435. The molecule has 0 aromatic heterocycles. The highest BCUT2D eigenvalue weighted by Gasteiger charge is 2.13. The van der Waals surface area contributed by atoms with E-state index >= 15 is 0 Å². The lowest BCUT2D eigenvalue weighted by Crippen LogP contribution is -2.15. The summed E-state index contributed by atoms with van der Waals surface area (Å²) in [7, 11) is 1.59.